The van der Waals surface area contributed by atoms with Crippen LogP contribution in [0.1, 0.15) is 28.3 Å². The maximum Gasteiger partial charge on any atom is 0.315 e. The Bertz CT molecular complexity index is 872. The van der Waals surface area contributed by atoms with Crippen molar-refractivity contribution in [3.05, 3.63) is 64.7 Å². The van der Waals surface area contributed by atoms with Crippen LogP contribution in [0.25, 0.3) is 0 Å². The lowest BCUT2D eigenvalue weighted by atomic mass is 10.0. The Labute approximate surface area is 184 Å². The quantitative estimate of drug-likeness (QED) is 0.638. The highest BCUT2D eigenvalue weighted by molar-refractivity contribution is 5.95. The van der Waals surface area contributed by atoms with Crippen LogP contribution in [-0.2, 0) is 9.53 Å². The second-order valence-corrected chi connectivity index (χ2v) is 7.96. The monoisotopic (exact) mass is 424 g/mol. The molecule has 0 bridgehead atoms. The molecule has 7 heteroatoms. The lowest BCUT2D eigenvalue weighted by Gasteiger charge is -2.34. The smallest absolute Gasteiger partial charge is 0.315 e. The van der Waals surface area contributed by atoms with E-state index >= 15 is 0 Å². The third kappa shape index (κ3) is 6.54. The number of nitrogens with zero attached hydrogens (tertiary/aromatic N) is 1. The van der Waals surface area contributed by atoms with Gasteiger partial charge in [-0.15, -0.1) is 0 Å². The number of morpholine rings is 1. The minimum Gasteiger partial charge on any atom is -0.379 e. The van der Waals surface area contributed by atoms with Crippen LogP contribution in [0.3, 0.4) is 0 Å². The highest BCUT2D eigenvalue weighted by Gasteiger charge is 2.23. The molecular weight excluding hydrogens is 392 g/mol. The number of ether oxygens (including phenoxy) is 1. The fourth-order valence-electron chi connectivity index (χ4n) is 4.00. The Morgan fingerprint density at radius 2 is 1.65 bits per heavy atom. The van der Waals surface area contributed by atoms with Gasteiger partial charge < -0.3 is 20.7 Å². The molecule has 1 aliphatic heterocycles. The second-order valence-electron chi connectivity index (χ2n) is 7.96. The maximum absolute atomic E-state index is 12.4. The Balaban J connectivity index is 1.51. The van der Waals surface area contributed by atoms with Crippen LogP contribution in [-0.4, -0.2) is 56.2 Å². The van der Waals surface area contributed by atoms with Crippen LogP contribution < -0.4 is 16.0 Å². The van der Waals surface area contributed by atoms with Gasteiger partial charge in [0.15, 0.2) is 0 Å². The van der Waals surface area contributed by atoms with Crippen molar-refractivity contribution in [1.29, 1.82) is 0 Å². The topological polar surface area (TPSA) is 82.7 Å². The van der Waals surface area contributed by atoms with Crippen LogP contribution in [0.4, 0.5) is 10.5 Å². The van der Waals surface area contributed by atoms with E-state index in [0.29, 0.717) is 19.8 Å². The van der Waals surface area contributed by atoms with Gasteiger partial charge in [0.2, 0.25) is 5.91 Å². The molecule has 7 nitrogen and oxygen atoms in total. The number of hydrogen-bond donors (Lipinski definition) is 3. The number of amides is 3. The molecule has 0 aliphatic carbocycles. The lowest BCUT2D eigenvalue weighted by molar-refractivity contribution is -0.115. The number of carbonyl (C=O) groups is 2. The van der Waals surface area contributed by atoms with E-state index < -0.39 is 0 Å². The second kappa shape index (κ2) is 10.9. The molecule has 0 spiro atoms. The normalized spacial score (nSPS) is 15.2. The van der Waals surface area contributed by atoms with Crippen molar-refractivity contribution < 1.29 is 14.3 Å². The van der Waals surface area contributed by atoms with E-state index in [1.54, 1.807) is 0 Å². The SMILES string of the molecule is Cc1cc(C)c(NC(=O)CNC(=O)NCC(c2ccccc2)N2CCOCC2)c(C)c1. The first-order chi connectivity index (χ1) is 14.9. The predicted molar refractivity (Wildman–Crippen MR) is 122 cm³/mol. The molecule has 3 N–H and O–H groups in total. The summed E-state index contributed by atoms with van der Waals surface area (Å²) in [7, 11) is 0. The van der Waals surface area contributed by atoms with Gasteiger partial charge in [0.05, 0.1) is 25.8 Å². The fraction of sp³-hybridized carbons (Fsp3) is 0.417. The van der Waals surface area contributed by atoms with Crippen molar-refractivity contribution in [2.24, 2.45) is 0 Å². The first-order valence-electron chi connectivity index (χ1n) is 10.7. The number of urea groups is 1. The number of rotatable bonds is 7. The van der Waals surface area contributed by atoms with Crippen LogP contribution in [0.2, 0.25) is 0 Å². The van der Waals surface area contributed by atoms with Gasteiger partial charge in [-0.3, -0.25) is 9.69 Å². The van der Waals surface area contributed by atoms with E-state index in [4.69, 9.17) is 4.74 Å². The molecule has 166 valence electrons. The van der Waals surface area contributed by atoms with Crippen molar-refractivity contribution in [2.45, 2.75) is 26.8 Å². The Morgan fingerprint density at radius 1 is 1.00 bits per heavy atom. The molecular formula is C24H32N4O3. The van der Waals surface area contributed by atoms with Gasteiger partial charge in [-0.1, -0.05) is 48.0 Å². The molecule has 0 saturated carbocycles. The van der Waals surface area contributed by atoms with Gasteiger partial charge in [-0.25, -0.2) is 4.79 Å². The van der Waals surface area contributed by atoms with Crippen LogP contribution >= 0.6 is 0 Å². The van der Waals surface area contributed by atoms with Gasteiger partial charge in [0.25, 0.3) is 0 Å². The molecule has 0 radical (unpaired) electrons. The van der Waals surface area contributed by atoms with Crippen molar-refractivity contribution in [3.8, 4) is 0 Å². The molecule has 1 heterocycles. The van der Waals surface area contributed by atoms with E-state index in [2.05, 4.69) is 33.0 Å². The summed E-state index contributed by atoms with van der Waals surface area (Å²) in [4.78, 5) is 27.0. The highest BCUT2D eigenvalue weighted by atomic mass is 16.5. The molecule has 1 saturated heterocycles. The third-order valence-electron chi connectivity index (χ3n) is 5.48. The Kier molecular flexibility index (Phi) is 8.03. The average molecular weight is 425 g/mol. The molecule has 31 heavy (non-hydrogen) atoms. The van der Waals surface area contributed by atoms with Crippen LogP contribution in [0.15, 0.2) is 42.5 Å². The molecule has 2 aromatic rings. The number of carbonyl (C=O) groups excluding carboxylic acids is 2. The highest BCUT2D eigenvalue weighted by Crippen LogP contribution is 2.22. The van der Waals surface area contributed by atoms with Gasteiger partial charge in [0, 0.05) is 25.3 Å². The van der Waals surface area contributed by atoms with E-state index in [1.165, 1.54) is 0 Å². The van der Waals surface area contributed by atoms with Gasteiger partial charge >= 0.3 is 6.03 Å². The van der Waals surface area contributed by atoms with E-state index in [9.17, 15) is 9.59 Å². The number of aryl methyl sites for hydroxylation is 3. The van der Waals surface area contributed by atoms with Gasteiger partial charge in [0.1, 0.15) is 0 Å². The third-order valence-corrected chi connectivity index (χ3v) is 5.48. The summed E-state index contributed by atoms with van der Waals surface area (Å²) in [5, 5.41) is 8.47. The zero-order chi connectivity index (χ0) is 22.2. The summed E-state index contributed by atoms with van der Waals surface area (Å²) in [6, 6.07) is 13.9. The standard InChI is InChI=1S/C24H32N4O3/c1-17-13-18(2)23(19(3)14-17)27-22(29)16-26-24(30)25-15-21(20-7-5-4-6-8-20)28-9-11-31-12-10-28/h4-8,13-14,21H,9-12,15-16H2,1-3H3,(H,27,29)(H2,25,26,30). The van der Waals surface area contributed by atoms with Crippen molar-refractivity contribution in [2.75, 3.05) is 44.7 Å². The van der Waals surface area contributed by atoms with E-state index in [1.807, 2.05) is 51.1 Å². The van der Waals surface area contributed by atoms with E-state index in [0.717, 1.165) is 41.0 Å². The summed E-state index contributed by atoms with van der Waals surface area (Å²) in [5.74, 6) is -0.252. The molecule has 1 aliphatic rings. The average Bonchev–Trinajstić information content (AvgIpc) is 2.76. The van der Waals surface area contributed by atoms with Crippen LogP contribution in [0.5, 0.6) is 0 Å². The zero-order valence-electron chi connectivity index (χ0n) is 18.5. The summed E-state index contributed by atoms with van der Waals surface area (Å²) in [5.41, 5.74) is 5.11. The maximum atomic E-state index is 12.4. The predicted octanol–water partition coefficient (Wildman–Crippen LogP) is 2.92. The van der Waals surface area contributed by atoms with Crippen molar-refractivity contribution in [1.82, 2.24) is 15.5 Å². The first-order valence-corrected chi connectivity index (χ1v) is 10.7. The molecule has 1 unspecified atom stereocenters. The first kappa shape index (κ1) is 22.8. The molecule has 2 aromatic carbocycles. The Hall–Kier alpha value is -2.90. The number of hydrogen-bond acceptors (Lipinski definition) is 4. The number of benzene rings is 2. The molecule has 1 fully saturated rings. The zero-order valence-corrected chi connectivity index (χ0v) is 18.5. The van der Waals surface area contributed by atoms with E-state index in [-0.39, 0.29) is 24.5 Å². The van der Waals surface area contributed by atoms with Crippen LogP contribution in [0, 0.1) is 20.8 Å². The molecule has 0 aromatic heterocycles. The summed E-state index contributed by atoms with van der Waals surface area (Å²) < 4.78 is 5.46. The minimum atomic E-state index is -0.360. The fourth-order valence-corrected chi connectivity index (χ4v) is 4.00. The molecule has 3 amide bonds. The van der Waals surface area contributed by atoms with Crippen molar-refractivity contribution >= 4 is 17.6 Å². The Morgan fingerprint density at radius 3 is 2.29 bits per heavy atom. The van der Waals surface area contributed by atoms with Crippen molar-refractivity contribution in [3.63, 3.8) is 0 Å². The molecule has 1 atom stereocenters. The lowest BCUT2D eigenvalue weighted by Crippen LogP contribution is -2.46. The van der Waals surface area contributed by atoms with Gasteiger partial charge in [-0.2, -0.15) is 0 Å². The largest absolute Gasteiger partial charge is 0.379 e. The number of anilines is 1. The minimum absolute atomic E-state index is 0.0579. The summed E-state index contributed by atoms with van der Waals surface area (Å²) in [6.45, 7) is 9.33. The molecule has 3 rings (SSSR count). The van der Waals surface area contributed by atoms with Gasteiger partial charge in [-0.05, 0) is 37.5 Å². The summed E-state index contributed by atoms with van der Waals surface area (Å²) in [6.07, 6.45) is 0. The number of nitrogens with one attached hydrogen (secondary N) is 3. The summed E-state index contributed by atoms with van der Waals surface area (Å²) >= 11 is 0.